The maximum atomic E-state index is 11.5. The molecule has 0 saturated heterocycles. The van der Waals surface area contributed by atoms with Gasteiger partial charge in [0.2, 0.25) is 0 Å². The van der Waals surface area contributed by atoms with Crippen LogP contribution in [-0.4, -0.2) is 53.1 Å². The molecule has 6 N–H and O–H groups in total. The van der Waals surface area contributed by atoms with Crippen LogP contribution >= 0.6 is 0 Å². The lowest BCUT2D eigenvalue weighted by atomic mass is 10.1. The highest BCUT2D eigenvalue weighted by Gasteiger charge is 2.19. The molecule has 0 atom stereocenters. The minimum Gasteiger partial charge on any atom is -0.478 e. The molecule has 53 heavy (non-hydrogen) atoms. The maximum Gasteiger partial charge on any atom is 0.335 e. The first-order valence-electron chi connectivity index (χ1n) is 14.7. The highest BCUT2D eigenvalue weighted by atomic mass is 32.2. The zero-order valence-corrected chi connectivity index (χ0v) is 28.5. The zero-order chi connectivity index (χ0) is 38.5. The largest absolute Gasteiger partial charge is 0.478 e. The molecule has 0 radical (unpaired) electrons. The van der Waals surface area contributed by atoms with Crippen LogP contribution in [0.1, 0.15) is 31.8 Å². The van der Waals surface area contributed by atoms with Crippen LogP contribution in [0.25, 0.3) is 0 Å². The number of nitriles is 1. The number of carboxylic acids is 2. The van der Waals surface area contributed by atoms with Crippen molar-refractivity contribution >= 4 is 77.9 Å². The fourth-order valence-corrected chi connectivity index (χ4v) is 5.51. The Hall–Kier alpha value is -6.92. The fourth-order valence-electron chi connectivity index (χ4n) is 4.55. The topological polar surface area (TPSA) is 294 Å². The Balaban J connectivity index is 1.48. The van der Waals surface area contributed by atoms with Crippen LogP contribution in [0.5, 0.6) is 0 Å². The summed E-state index contributed by atoms with van der Waals surface area (Å²) in [6.45, 7) is 1.58. The number of rotatable bonds is 12. The second-order valence-corrected chi connectivity index (χ2v) is 13.7. The molecule has 20 heteroatoms. The molecule has 4 aromatic carbocycles. The number of hydrogen-bond acceptors (Lipinski definition) is 14. The lowest BCUT2D eigenvalue weighted by Gasteiger charge is -2.16. The number of carbonyl (C=O) groups is 2. The van der Waals surface area contributed by atoms with E-state index in [4.69, 9.17) is 0 Å². The van der Waals surface area contributed by atoms with Gasteiger partial charge in [-0.05, 0) is 97.9 Å². The van der Waals surface area contributed by atoms with Crippen molar-refractivity contribution in [2.24, 2.45) is 20.5 Å². The molecule has 18 nitrogen and oxygen atoms in total. The minimum atomic E-state index is -4.47. The van der Waals surface area contributed by atoms with E-state index in [1.165, 1.54) is 60.7 Å². The van der Waals surface area contributed by atoms with Crippen molar-refractivity contribution in [3.05, 3.63) is 113 Å². The molecule has 5 rings (SSSR count). The van der Waals surface area contributed by atoms with E-state index in [0.717, 1.165) is 30.3 Å². The van der Waals surface area contributed by atoms with E-state index in [0.29, 0.717) is 28.3 Å². The van der Waals surface area contributed by atoms with Crippen molar-refractivity contribution in [2.75, 3.05) is 10.6 Å². The number of nitrogens with zero attached hydrogens (tertiary/aromatic N) is 6. The quantitative estimate of drug-likeness (QED) is 0.0532. The summed E-state index contributed by atoms with van der Waals surface area (Å²) in [5.41, 5.74) is 1.14. The van der Waals surface area contributed by atoms with E-state index in [2.05, 4.69) is 42.1 Å². The molecule has 0 aliphatic rings. The second kappa shape index (κ2) is 15.1. The Morgan fingerprint density at radius 1 is 0.642 bits per heavy atom. The first-order valence-corrected chi connectivity index (χ1v) is 17.6. The van der Waals surface area contributed by atoms with Crippen LogP contribution in [0.2, 0.25) is 0 Å². The molecule has 5 aromatic rings. The fraction of sp³-hybridized carbons (Fsp3) is 0.0303. The number of benzene rings is 4. The van der Waals surface area contributed by atoms with E-state index in [9.17, 15) is 51.0 Å². The van der Waals surface area contributed by atoms with Crippen molar-refractivity contribution in [1.82, 2.24) is 4.98 Å². The van der Waals surface area contributed by atoms with Crippen molar-refractivity contribution in [1.29, 1.82) is 5.26 Å². The monoisotopic (exact) mass is 756 g/mol. The molecule has 0 saturated carbocycles. The summed E-state index contributed by atoms with van der Waals surface area (Å²) in [7, 11) is -8.92. The normalized spacial score (nSPS) is 11.7. The van der Waals surface area contributed by atoms with Gasteiger partial charge < -0.3 is 20.8 Å². The molecule has 0 fully saturated rings. The molecule has 0 unspecified atom stereocenters. The van der Waals surface area contributed by atoms with Gasteiger partial charge in [0.25, 0.3) is 20.2 Å². The number of hydrogen-bond donors (Lipinski definition) is 6. The number of carboxylic acid groups (broad SMARTS) is 2. The molecule has 0 aliphatic carbocycles. The first-order chi connectivity index (χ1) is 25.0. The summed E-state index contributed by atoms with van der Waals surface area (Å²) >= 11 is 0. The van der Waals surface area contributed by atoms with Crippen molar-refractivity contribution in [3.8, 4) is 6.07 Å². The van der Waals surface area contributed by atoms with Crippen LogP contribution in [-0.2, 0) is 20.2 Å². The Bertz CT molecular complexity index is 2540. The number of nitrogens with one attached hydrogen (secondary N) is 2. The maximum absolute atomic E-state index is 11.5. The van der Waals surface area contributed by atoms with Gasteiger partial charge in [-0.15, -0.1) is 5.11 Å². The van der Waals surface area contributed by atoms with Gasteiger partial charge in [0, 0.05) is 16.9 Å². The first kappa shape index (κ1) is 37.3. The summed E-state index contributed by atoms with van der Waals surface area (Å²) in [5, 5.41) is 51.1. The lowest BCUT2D eigenvalue weighted by Crippen LogP contribution is -2.05. The Morgan fingerprint density at radius 3 is 1.47 bits per heavy atom. The van der Waals surface area contributed by atoms with Gasteiger partial charge >= 0.3 is 11.9 Å². The van der Waals surface area contributed by atoms with E-state index in [-0.39, 0.29) is 49.5 Å². The van der Waals surface area contributed by atoms with Gasteiger partial charge in [0.1, 0.15) is 11.8 Å². The third-order valence-electron chi connectivity index (χ3n) is 7.16. The van der Waals surface area contributed by atoms with Crippen molar-refractivity contribution < 1.29 is 45.7 Å². The molecule has 0 aliphatic heterocycles. The molecular weight excluding hydrogens is 733 g/mol. The third kappa shape index (κ3) is 9.25. The summed E-state index contributed by atoms with van der Waals surface area (Å²) in [6.07, 6.45) is 0. The molecule has 0 bridgehead atoms. The van der Waals surface area contributed by atoms with Gasteiger partial charge in [-0.2, -0.15) is 37.4 Å². The number of aromatic carboxylic acids is 2. The number of aromatic nitrogens is 1. The predicted octanol–water partition coefficient (Wildman–Crippen LogP) is 7.47. The van der Waals surface area contributed by atoms with Crippen LogP contribution in [0.15, 0.2) is 121 Å². The second-order valence-electron chi connectivity index (χ2n) is 10.8. The van der Waals surface area contributed by atoms with Crippen molar-refractivity contribution in [3.63, 3.8) is 0 Å². The Labute approximate surface area is 300 Å². The number of anilines is 4. The van der Waals surface area contributed by atoms with Crippen LogP contribution < -0.4 is 10.6 Å². The van der Waals surface area contributed by atoms with E-state index >= 15 is 0 Å². The molecule has 0 spiro atoms. The minimum absolute atomic E-state index is 0.00282. The van der Waals surface area contributed by atoms with Crippen LogP contribution in [0.3, 0.4) is 0 Å². The van der Waals surface area contributed by atoms with Crippen LogP contribution in [0, 0.1) is 18.3 Å². The van der Waals surface area contributed by atoms with Crippen LogP contribution in [0.4, 0.5) is 45.8 Å². The van der Waals surface area contributed by atoms with Crippen molar-refractivity contribution in [2.45, 2.75) is 16.7 Å². The van der Waals surface area contributed by atoms with E-state index in [1.54, 1.807) is 6.92 Å². The molecular formula is C33H24N8O10S2. The van der Waals surface area contributed by atoms with Gasteiger partial charge in [-0.25, -0.2) is 14.6 Å². The summed E-state index contributed by atoms with van der Waals surface area (Å²) in [5.74, 6) is -2.59. The van der Waals surface area contributed by atoms with E-state index in [1.807, 2.05) is 0 Å². The highest BCUT2D eigenvalue weighted by molar-refractivity contribution is 7.86. The molecule has 268 valence electrons. The van der Waals surface area contributed by atoms with Gasteiger partial charge in [0.15, 0.2) is 11.6 Å². The third-order valence-corrected chi connectivity index (χ3v) is 8.90. The lowest BCUT2D eigenvalue weighted by molar-refractivity contribution is 0.0696. The highest BCUT2D eigenvalue weighted by Crippen LogP contribution is 2.37. The molecule has 1 heterocycles. The summed E-state index contributed by atoms with van der Waals surface area (Å²) < 4.78 is 64.7. The molecule has 1 aromatic heterocycles. The van der Waals surface area contributed by atoms with Gasteiger partial charge in [-0.1, -0.05) is 0 Å². The summed E-state index contributed by atoms with van der Waals surface area (Å²) in [4.78, 5) is 26.6. The molecule has 0 amide bonds. The average Bonchev–Trinajstić information content (AvgIpc) is 3.10. The average molecular weight is 757 g/mol. The summed E-state index contributed by atoms with van der Waals surface area (Å²) in [6, 6.07) is 21.5. The van der Waals surface area contributed by atoms with E-state index < -0.39 is 32.2 Å². The van der Waals surface area contributed by atoms with Gasteiger partial charge in [-0.3, -0.25) is 9.11 Å². The standard InChI is InChI=1S/C33H24N8O10S2/c1-18-28(17-34)30(35-21-6-10-26(11-7-21)52(46,47)48)37-31(36-22-8-12-27(13-9-22)53(49,50)51)29(18)41-39-24-4-2-23(3-5-24)38-40-25-15-19(32(42)43)14-20(16-25)33(44)45/h2-16H,1H3,(H,42,43)(H,44,45)(H2,35,36,37)(H,46,47,48)(H,49,50,51). The van der Waals surface area contributed by atoms with Gasteiger partial charge in [0.05, 0.1) is 43.5 Å². The number of pyridine rings is 1. The number of azo groups is 2. The predicted molar refractivity (Wildman–Crippen MR) is 188 cm³/mol. The Kier molecular flexibility index (Phi) is 10.7. The SMILES string of the molecule is Cc1c(C#N)c(Nc2ccc(S(=O)(=O)O)cc2)nc(Nc2ccc(S(=O)(=O)O)cc2)c1N=Nc1ccc(N=Nc2cc(C(=O)O)cc(C(=O)O)c2)cc1. The Morgan fingerprint density at radius 2 is 1.06 bits per heavy atom. The smallest absolute Gasteiger partial charge is 0.335 e. The zero-order valence-electron chi connectivity index (χ0n) is 26.9.